The molecule has 1 fully saturated rings. The number of primary sulfonamides is 1. The maximum atomic E-state index is 11.9. The summed E-state index contributed by atoms with van der Waals surface area (Å²) in [5.74, 6) is 0.351. The Kier molecular flexibility index (Phi) is 3.94. The standard InChI is InChI=1S/C13H17N5O3S/c14-22(20,21)11-3-1-2-10(8-4-6-9(19)7-5-8)12(11)13-15-17-18-16-13/h1-3,8-9,19H,4-7H2,(H2,14,20,21)(H,15,16,17,18). The second-order valence-corrected chi connectivity index (χ2v) is 7.04. The number of hydrogen-bond donors (Lipinski definition) is 3. The number of aromatic amines is 1. The van der Waals surface area contributed by atoms with E-state index in [2.05, 4.69) is 20.6 Å². The number of benzene rings is 1. The average molecular weight is 323 g/mol. The number of tetrazole rings is 1. The Morgan fingerprint density at radius 1 is 1.23 bits per heavy atom. The van der Waals surface area contributed by atoms with E-state index in [-0.39, 0.29) is 22.7 Å². The van der Waals surface area contributed by atoms with E-state index in [1.54, 1.807) is 6.07 Å². The van der Waals surface area contributed by atoms with Gasteiger partial charge in [-0.15, -0.1) is 10.2 Å². The molecule has 1 aromatic heterocycles. The molecule has 0 bridgehead atoms. The Bertz CT molecular complexity index is 752. The average Bonchev–Trinajstić information content (AvgIpc) is 3.00. The van der Waals surface area contributed by atoms with Gasteiger partial charge in [0.05, 0.1) is 11.0 Å². The van der Waals surface area contributed by atoms with Gasteiger partial charge in [-0.2, -0.15) is 5.21 Å². The number of sulfonamides is 1. The normalized spacial score (nSPS) is 22.6. The molecule has 118 valence electrons. The molecule has 3 rings (SSSR count). The zero-order valence-corrected chi connectivity index (χ0v) is 12.6. The van der Waals surface area contributed by atoms with Gasteiger partial charge in [-0.25, -0.2) is 13.6 Å². The predicted octanol–water partition coefficient (Wildman–Crippen LogP) is 0.533. The molecule has 4 N–H and O–H groups in total. The summed E-state index contributed by atoms with van der Waals surface area (Å²) in [6.07, 6.45) is 2.65. The van der Waals surface area contributed by atoms with E-state index in [0.29, 0.717) is 18.4 Å². The first kappa shape index (κ1) is 15.1. The van der Waals surface area contributed by atoms with Crippen LogP contribution in [0.1, 0.15) is 37.2 Å². The van der Waals surface area contributed by atoms with Crippen molar-refractivity contribution in [2.24, 2.45) is 5.14 Å². The molecule has 1 aromatic carbocycles. The van der Waals surface area contributed by atoms with Crippen molar-refractivity contribution < 1.29 is 13.5 Å². The molecule has 0 atom stereocenters. The molecule has 2 aromatic rings. The minimum absolute atomic E-state index is 0.00229. The summed E-state index contributed by atoms with van der Waals surface area (Å²) in [5.41, 5.74) is 1.24. The number of nitrogens with two attached hydrogens (primary N) is 1. The highest BCUT2D eigenvalue weighted by atomic mass is 32.2. The third-order valence-electron chi connectivity index (χ3n) is 4.07. The topological polar surface area (TPSA) is 135 Å². The predicted molar refractivity (Wildman–Crippen MR) is 78.2 cm³/mol. The number of H-pyrrole nitrogens is 1. The fourth-order valence-corrected chi connectivity index (χ4v) is 3.78. The summed E-state index contributed by atoms with van der Waals surface area (Å²) < 4.78 is 23.8. The number of rotatable bonds is 3. The van der Waals surface area contributed by atoms with E-state index in [0.717, 1.165) is 18.4 Å². The SMILES string of the molecule is NS(=O)(=O)c1cccc(C2CCC(O)CC2)c1-c1nn[nH]n1. The van der Waals surface area contributed by atoms with Crippen molar-refractivity contribution in [2.45, 2.75) is 42.6 Å². The summed E-state index contributed by atoms with van der Waals surface area (Å²) in [4.78, 5) is -0.00229. The van der Waals surface area contributed by atoms with E-state index in [1.807, 2.05) is 6.07 Å². The van der Waals surface area contributed by atoms with Gasteiger partial charge < -0.3 is 5.11 Å². The number of aliphatic hydroxyl groups is 1. The Morgan fingerprint density at radius 2 is 1.95 bits per heavy atom. The first-order chi connectivity index (χ1) is 10.5. The van der Waals surface area contributed by atoms with Crippen LogP contribution in [0, 0.1) is 0 Å². The highest BCUT2D eigenvalue weighted by molar-refractivity contribution is 7.89. The lowest BCUT2D eigenvalue weighted by molar-refractivity contribution is 0.122. The molecule has 0 amide bonds. The Labute approximate surface area is 127 Å². The van der Waals surface area contributed by atoms with Gasteiger partial charge in [-0.1, -0.05) is 12.1 Å². The van der Waals surface area contributed by atoms with Crippen molar-refractivity contribution in [3.63, 3.8) is 0 Å². The van der Waals surface area contributed by atoms with Crippen LogP contribution in [0.4, 0.5) is 0 Å². The van der Waals surface area contributed by atoms with E-state index in [1.165, 1.54) is 6.07 Å². The van der Waals surface area contributed by atoms with Crippen molar-refractivity contribution in [3.8, 4) is 11.4 Å². The molecule has 1 aliphatic rings. The van der Waals surface area contributed by atoms with Crippen LogP contribution >= 0.6 is 0 Å². The van der Waals surface area contributed by atoms with Gasteiger partial charge in [0.25, 0.3) is 0 Å². The van der Waals surface area contributed by atoms with Crippen molar-refractivity contribution in [3.05, 3.63) is 23.8 Å². The molecule has 0 radical (unpaired) electrons. The van der Waals surface area contributed by atoms with Crippen LogP contribution in [0.15, 0.2) is 23.1 Å². The van der Waals surface area contributed by atoms with Crippen molar-refractivity contribution in [1.82, 2.24) is 20.6 Å². The monoisotopic (exact) mass is 323 g/mol. The summed E-state index contributed by atoms with van der Waals surface area (Å²) in [7, 11) is -3.90. The molecule has 0 aliphatic heterocycles. The largest absolute Gasteiger partial charge is 0.393 e. The van der Waals surface area contributed by atoms with Gasteiger partial charge in [0.15, 0.2) is 0 Å². The zero-order chi connectivity index (χ0) is 15.7. The lowest BCUT2D eigenvalue weighted by Gasteiger charge is -2.27. The van der Waals surface area contributed by atoms with Crippen molar-refractivity contribution >= 4 is 10.0 Å². The number of hydrogen-bond acceptors (Lipinski definition) is 6. The fourth-order valence-electron chi connectivity index (χ4n) is 3.02. The van der Waals surface area contributed by atoms with Crippen LogP contribution in [0.2, 0.25) is 0 Å². The van der Waals surface area contributed by atoms with Crippen LogP contribution in [0.5, 0.6) is 0 Å². The molecule has 0 unspecified atom stereocenters. The van der Waals surface area contributed by atoms with Crippen LogP contribution in [0.3, 0.4) is 0 Å². The Hall–Kier alpha value is -1.84. The van der Waals surface area contributed by atoms with E-state index in [9.17, 15) is 13.5 Å². The molecule has 1 aliphatic carbocycles. The number of nitrogens with zero attached hydrogens (tertiary/aromatic N) is 3. The minimum atomic E-state index is -3.90. The van der Waals surface area contributed by atoms with E-state index < -0.39 is 10.0 Å². The molecule has 9 heteroatoms. The molecular formula is C13H17N5O3S. The lowest BCUT2D eigenvalue weighted by Crippen LogP contribution is -2.19. The Balaban J connectivity index is 2.14. The number of nitrogens with one attached hydrogen (secondary N) is 1. The lowest BCUT2D eigenvalue weighted by atomic mass is 9.81. The van der Waals surface area contributed by atoms with Gasteiger partial charge in [0.1, 0.15) is 0 Å². The molecule has 1 saturated carbocycles. The Morgan fingerprint density at radius 3 is 2.55 bits per heavy atom. The maximum absolute atomic E-state index is 11.9. The summed E-state index contributed by atoms with van der Waals surface area (Å²) in [6.45, 7) is 0. The van der Waals surface area contributed by atoms with Crippen LogP contribution < -0.4 is 5.14 Å². The third-order valence-corrected chi connectivity index (χ3v) is 5.02. The van der Waals surface area contributed by atoms with Gasteiger partial charge in [0.2, 0.25) is 15.8 Å². The van der Waals surface area contributed by atoms with Crippen LogP contribution in [0.25, 0.3) is 11.4 Å². The maximum Gasteiger partial charge on any atom is 0.238 e. The fraction of sp³-hybridized carbons (Fsp3) is 0.462. The second-order valence-electron chi connectivity index (χ2n) is 5.51. The highest BCUT2D eigenvalue weighted by Crippen LogP contribution is 2.39. The number of aromatic nitrogens is 4. The van der Waals surface area contributed by atoms with Crippen LogP contribution in [-0.2, 0) is 10.0 Å². The van der Waals surface area contributed by atoms with Gasteiger partial charge in [-0.05, 0) is 48.4 Å². The zero-order valence-electron chi connectivity index (χ0n) is 11.8. The van der Waals surface area contributed by atoms with E-state index in [4.69, 9.17) is 5.14 Å². The van der Waals surface area contributed by atoms with Gasteiger partial charge in [-0.3, -0.25) is 0 Å². The molecule has 0 saturated heterocycles. The molecular weight excluding hydrogens is 306 g/mol. The minimum Gasteiger partial charge on any atom is -0.393 e. The van der Waals surface area contributed by atoms with E-state index >= 15 is 0 Å². The number of aliphatic hydroxyl groups excluding tert-OH is 1. The summed E-state index contributed by atoms with van der Waals surface area (Å²) in [6, 6.07) is 4.98. The molecule has 8 nitrogen and oxygen atoms in total. The smallest absolute Gasteiger partial charge is 0.238 e. The quantitative estimate of drug-likeness (QED) is 0.754. The molecule has 1 heterocycles. The van der Waals surface area contributed by atoms with Crippen LogP contribution in [-0.4, -0.2) is 40.3 Å². The summed E-state index contributed by atoms with van der Waals surface area (Å²) in [5, 5.41) is 28.7. The van der Waals surface area contributed by atoms with Gasteiger partial charge in [0, 0.05) is 5.56 Å². The highest BCUT2D eigenvalue weighted by Gasteiger charge is 2.28. The summed E-state index contributed by atoms with van der Waals surface area (Å²) >= 11 is 0. The first-order valence-corrected chi connectivity index (χ1v) is 8.59. The molecule has 0 spiro atoms. The molecule has 22 heavy (non-hydrogen) atoms. The van der Waals surface area contributed by atoms with Crippen molar-refractivity contribution in [1.29, 1.82) is 0 Å². The first-order valence-electron chi connectivity index (χ1n) is 7.04. The van der Waals surface area contributed by atoms with Crippen molar-refractivity contribution in [2.75, 3.05) is 0 Å². The second kappa shape index (κ2) is 5.75. The third kappa shape index (κ3) is 2.87. The van der Waals surface area contributed by atoms with Gasteiger partial charge >= 0.3 is 0 Å².